The van der Waals surface area contributed by atoms with Gasteiger partial charge in [0.1, 0.15) is 11.1 Å². The normalized spacial score (nSPS) is 24.2. The molecule has 0 spiro atoms. The molecule has 0 radical (unpaired) electrons. The van der Waals surface area contributed by atoms with E-state index in [1.54, 1.807) is 6.92 Å². The molecule has 6 nitrogen and oxygen atoms in total. The fraction of sp³-hybridized carbons (Fsp3) is 0.750. The second-order valence-corrected chi connectivity index (χ2v) is 5.41. The standard InChI is InChI=1S/C12H19N3O3/c1-8-13-10(18-15-8)11(2,3)14-9(16)12(4)6-5-7-17-12/h5-7H2,1-4H3,(H,14,16). The molecule has 100 valence electrons. The van der Waals surface area contributed by atoms with E-state index in [0.29, 0.717) is 18.3 Å². The van der Waals surface area contributed by atoms with Gasteiger partial charge in [-0.15, -0.1) is 0 Å². The molecule has 0 aromatic carbocycles. The van der Waals surface area contributed by atoms with Gasteiger partial charge < -0.3 is 14.6 Å². The van der Waals surface area contributed by atoms with Crippen molar-refractivity contribution in [1.29, 1.82) is 0 Å². The summed E-state index contributed by atoms with van der Waals surface area (Å²) in [7, 11) is 0. The van der Waals surface area contributed by atoms with Crippen molar-refractivity contribution in [3.05, 3.63) is 11.7 Å². The first kappa shape index (κ1) is 13.0. The number of rotatable bonds is 3. The van der Waals surface area contributed by atoms with Gasteiger partial charge in [0, 0.05) is 6.61 Å². The second kappa shape index (κ2) is 4.35. The van der Waals surface area contributed by atoms with E-state index in [1.807, 2.05) is 20.8 Å². The van der Waals surface area contributed by atoms with E-state index < -0.39 is 11.1 Å². The quantitative estimate of drug-likeness (QED) is 0.878. The Hall–Kier alpha value is -1.43. The molecule has 1 amide bonds. The zero-order valence-electron chi connectivity index (χ0n) is 11.2. The van der Waals surface area contributed by atoms with Crippen LogP contribution in [0.3, 0.4) is 0 Å². The van der Waals surface area contributed by atoms with Crippen LogP contribution in [-0.2, 0) is 15.1 Å². The fourth-order valence-corrected chi connectivity index (χ4v) is 1.98. The topological polar surface area (TPSA) is 77.2 Å². The highest BCUT2D eigenvalue weighted by Gasteiger charge is 2.41. The van der Waals surface area contributed by atoms with E-state index in [2.05, 4.69) is 15.5 Å². The lowest BCUT2D eigenvalue weighted by Gasteiger charge is -2.28. The highest BCUT2D eigenvalue weighted by Crippen LogP contribution is 2.27. The summed E-state index contributed by atoms with van der Waals surface area (Å²) >= 11 is 0. The lowest BCUT2D eigenvalue weighted by molar-refractivity contribution is -0.141. The molecule has 18 heavy (non-hydrogen) atoms. The Labute approximate surface area is 106 Å². The van der Waals surface area contributed by atoms with E-state index in [9.17, 15) is 4.79 Å². The third-order valence-electron chi connectivity index (χ3n) is 3.19. The lowest BCUT2D eigenvalue weighted by Crippen LogP contribution is -2.51. The van der Waals surface area contributed by atoms with Crippen LogP contribution in [-0.4, -0.2) is 28.3 Å². The highest BCUT2D eigenvalue weighted by atomic mass is 16.5. The SMILES string of the molecule is Cc1noc(C(C)(C)NC(=O)C2(C)CCCO2)n1. The predicted molar refractivity (Wildman–Crippen MR) is 63.8 cm³/mol. The Morgan fingerprint density at radius 3 is 2.72 bits per heavy atom. The molecule has 0 bridgehead atoms. The summed E-state index contributed by atoms with van der Waals surface area (Å²) in [5, 5.41) is 6.64. The van der Waals surface area contributed by atoms with E-state index in [1.165, 1.54) is 0 Å². The summed E-state index contributed by atoms with van der Waals surface area (Å²) in [5.74, 6) is 0.812. The Morgan fingerprint density at radius 1 is 1.50 bits per heavy atom. The fourth-order valence-electron chi connectivity index (χ4n) is 1.98. The van der Waals surface area contributed by atoms with Crippen LogP contribution in [0.4, 0.5) is 0 Å². The number of nitrogens with one attached hydrogen (secondary N) is 1. The van der Waals surface area contributed by atoms with Crippen molar-refractivity contribution in [3.8, 4) is 0 Å². The summed E-state index contributed by atoms with van der Waals surface area (Å²) in [6, 6.07) is 0. The third-order valence-corrected chi connectivity index (χ3v) is 3.19. The van der Waals surface area contributed by atoms with E-state index in [-0.39, 0.29) is 5.91 Å². The summed E-state index contributed by atoms with van der Waals surface area (Å²) in [4.78, 5) is 16.4. The number of carbonyl (C=O) groups is 1. The molecule has 1 aromatic rings. The summed E-state index contributed by atoms with van der Waals surface area (Å²) in [6.45, 7) is 7.84. The van der Waals surface area contributed by atoms with Crippen molar-refractivity contribution in [3.63, 3.8) is 0 Å². The number of hydrogen-bond acceptors (Lipinski definition) is 5. The third kappa shape index (κ3) is 2.38. The van der Waals surface area contributed by atoms with E-state index >= 15 is 0 Å². The van der Waals surface area contributed by atoms with Crippen LogP contribution in [0.25, 0.3) is 0 Å². The van der Waals surface area contributed by atoms with Gasteiger partial charge in [0.05, 0.1) is 0 Å². The maximum Gasteiger partial charge on any atom is 0.252 e. The van der Waals surface area contributed by atoms with Crippen LogP contribution in [0, 0.1) is 6.92 Å². The Morgan fingerprint density at radius 2 is 2.22 bits per heavy atom. The van der Waals surface area contributed by atoms with E-state index in [4.69, 9.17) is 9.26 Å². The zero-order chi connectivity index (χ0) is 13.4. The van der Waals surface area contributed by atoms with Crippen LogP contribution >= 0.6 is 0 Å². The first-order chi connectivity index (χ1) is 8.33. The van der Waals surface area contributed by atoms with Crippen LogP contribution in [0.15, 0.2) is 4.52 Å². The van der Waals surface area contributed by atoms with Gasteiger partial charge in [-0.1, -0.05) is 5.16 Å². The van der Waals surface area contributed by atoms with Gasteiger partial charge in [0.2, 0.25) is 0 Å². The maximum atomic E-state index is 12.2. The molecule has 2 heterocycles. The molecule has 1 fully saturated rings. The maximum absolute atomic E-state index is 12.2. The van der Waals surface area contributed by atoms with Gasteiger partial charge in [-0.3, -0.25) is 4.79 Å². The average molecular weight is 253 g/mol. The minimum absolute atomic E-state index is 0.138. The minimum atomic E-state index is -0.744. The number of carbonyl (C=O) groups excluding carboxylic acids is 1. The van der Waals surface area contributed by atoms with Crippen molar-refractivity contribution in [2.75, 3.05) is 6.61 Å². The smallest absolute Gasteiger partial charge is 0.252 e. The number of nitrogens with zero attached hydrogens (tertiary/aromatic N) is 2. The number of hydrogen-bond donors (Lipinski definition) is 1. The van der Waals surface area contributed by atoms with Gasteiger partial charge >= 0.3 is 0 Å². The Bertz CT molecular complexity index is 447. The van der Waals surface area contributed by atoms with Crippen molar-refractivity contribution in [1.82, 2.24) is 15.5 Å². The van der Waals surface area contributed by atoms with Gasteiger partial charge in [-0.05, 0) is 40.5 Å². The van der Waals surface area contributed by atoms with Crippen molar-refractivity contribution >= 4 is 5.91 Å². The van der Waals surface area contributed by atoms with Crippen LogP contribution in [0.1, 0.15) is 45.3 Å². The molecule has 1 unspecified atom stereocenters. The average Bonchev–Trinajstić information content (AvgIpc) is 2.87. The van der Waals surface area contributed by atoms with E-state index in [0.717, 1.165) is 12.8 Å². The summed E-state index contributed by atoms with van der Waals surface area (Å²) in [5.41, 5.74) is -1.44. The Balaban J connectivity index is 2.10. The molecule has 1 N–H and O–H groups in total. The number of ether oxygens (including phenoxy) is 1. The molecular formula is C12H19N3O3. The second-order valence-electron chi connectivity index (χ2n) is 5.41. The predicted octanol–water partition coefficient (Wildman–Crippen LogP) is 1.30. The first-order valence-electron chi connectivity index (χ1n) is 6.11. The van der Waals surface area contributed by atoms with Gasteiger partial charge in [-0.2, -0.15) is 4.98 Å². The largest absolute Gasteiger partial charge is 0.365 e. The summed E-state index contributed by atoms with van der Waals surface area (Å²) in [6.07, 6.45) is 1.64. The molecule has 2 rings (SSSR count). The highest BCUT2D eigenvalue weighted by molar-refractivity contribution is 5.85. The number of aryl methyl sites for hydroxylation is 1. The van der Waals surface area contributed by atoms with Gasteiger partial charge in [0.25, 0.3) is 11.8 Å². The number of aromatic nitrogens is 2. The minimum Gasteiger partial charge on any atom is -0.365 e. The molecular weight excluding hydrogens is 234 g/mol. The monoisotopic (exact) mass is 253 g/mol. The molecule has 1 aliphatic rings. The van der Waals surface area contributed by atoms with Crippen molar-refractivity contribution in [2.24, 2.45) is 0 Å². The first-order valence-corrected chi connectivity index (χ1v) is 6.11. The lowest BCUT2D eigenvalue weighted by atomic mass is 9.98. The van der Waals surface area contributed by atoms with Crippen LogP contribution in [0.2, 0.25) is 0 Å². The van der Waals surface area contributed by atoms with Crippen LogP contribution < -0.4 is 5.32 Å². The Kier molecular flexibility index (Phi) is 3.14. The molecule has 0 aliphatic carbocycles. The molecule has 0 saturated carbocycles. The molecule has 1 saturated heterocycles. The van der Waals surface area contributed by atoms with Crippen LogP contribution in [0.5, 0.6) is 0 Å². The van der Waals surface area contributed by atoms with Gasteiger partial charge in [0.15, 0.2) is 5.82 Å². The van der Waals surface area contributed by atoms with Crippen molar-refractivity contribution in [2.45, 2.75) is 51.7 Å². The number of amides is 1. The van der Waals surface area contributed by atoms with Crippen molar-refractivity contribution < 1.29 is 14.1 Å². The zero-order valence-corrected chi connectivity index (χ0v) is 11.2. The van der Waals surface area contributed by atoms with Gasteiger partial charge in [-0.25, -0.2) is 0 Å². The summed E-state index contributed by atoms with van der Waals surface area (Å²) < 4.78 is 10.6. The molecule has 1 aliphatic heterocycles. The molecule has 1 atom stereocenters. The molecule has 6 heteroatoms. The molecule has 1 aromatic heterocycles.